The summed E-state index contributed by atoms with van der Waals surface area (Å²) in [5.74, 6) is 0.489. The fourth-order valence-electron chi connectivity index (χ4n) is 1.57. The third kappa shape index (κ3) is 4.99. The molecule has 1 aromatic carbocycles. The van der Waals surface area contributed by atoms with Gasteiger partial charge in [0.25, 0.3) is 0 Å². The summed E-state index contributed by atoms with van der Waals surface area (Å²) < 4.78 is 10.1. The summed E-state index contributed by atoms with van der Waals surface area (Å²) in [6.45, 7) is 2.16. The standard InChI is InChI=1S/C14H20N2O3/c1-5-19-14(17)10-13(15-16(2)3)11-6-8-12(18-4)9-7-11/h6-9H,5,10H2,1-4H3/b15-13+. The van der Waals surface area contributed by atoms with E-state index >= 15 is 0 Å². The number of hydrogen-bond donors (Lipinski definition) is 0. The molecule has 5 heteroatoms. The number of rotatable bonds is 6. The van der Waals surface area contributed by atoms with Crippen molar-refractivity contribution in [2.45, 2.75) is 13.3 Å². The number of esters is 1. The summed E-state index contributed by atoms with van der Waals surface area (Å²) in [5, 5.41) is 6.00. The van der Waals surface area contributed by atoms with Crippen LogP contribution in [-0.4, -0.2) is 44.5 Å². The first kappa shape index (κ1) is 15.0. The first-order valence-corrected chi connectivity index (χ1v) is 6.11. The Morgan fingerprint density at radius 2 is 1.89 bits per heavy atom. The summed E-state index contributed by atoms with van der Waals surface area (Å²) in [7, 11) is 5.24. The molecule has 0 saturated heterocycles. The van der Waals surface area contributed by atoms with Gasteiger partial charge in [-0.15, -0.1) is 0 Å². The average molecular weight is 264 g/mol. The maximum absolute atomic E-state index is 11.6. The molecule has 0 amide bonds. The Bertz CT molecular complexity index is 439. The van der Waals surface area contributed by atoms with E-state index in [4.69, 9.17) is 9.47 Å². The number of hydrazone groups is 1. The second kappa shape index (κ2) is 7.41. The molecular formula is C14H20N2O3. The van der Waals surface area contributed by atoms with Crippen LogP contribution in [0, 0.1) is 0 Å². The minimum absolute atomic E-state index is 0.151. The van der Waals surface area contributed by atoms with E-state index in [1.807, 2.05) is 38.4 Å². The van der Waals surface area contributed by atoms with Crippen molar-refractivity contribution >= 4 is 11.7 Å². The molecule has 0 N–H and O–H groups in total. The molecule has 0 atom stereocenters. The van der Waals surface area contributed by atoms with Gasteiger partial charge in [-0.25, -0.2) is 0 Å². The fourth-order valence-corrected chi connectivity index (χ4v) is 1.57. The van der Waals surface area contributed by atoms with Gasteiger partial charge in [0.2, 0.25) is 0 Å². The molecule has 0 fully saturated rings. The van der Waals surface area contributed by atoms with Crippen molar-refractivity contribution in [1.82, 2.24) is 5.01 Å². The maximum Gasteiger partial charge on any atom is 0.311 e. The Kier molecular flexibility index (Phi) is 5.85. The lowest BCUT2D eigenvalue weighted by Gasteiger charge is -2.11. The highest BCUT2D eigenvalue weighted by Crippen LogP contribution is 2.14. The van der Waals surface area contributed by atoms with E-state index in [1.54, 1.807) is 19.0 Å². The molecule has 0 heterocycles. The van der Waals surface area contributed by atoms with E-state index in [2.05, 4.69) is 5.10 Å². The molecule has 0 bridgehead atoms. The van der Waals surface area contributed by atoms with Crippen molar-refractivity contribution in [2.75, 3.05) is 27.8 Å². The van der Waals surface area contributed by atoms with E-state index in [0.29, 0.717) is 12.3 Å². The minimum atomic E-state index is -0.279. The lowest BCUT2D eigenvalue weighted by molar-refractivity contribution is -0.141. The molecule has 0 aliphatic carbocycles. The maximum atomic E-state index is 11.6. The lowest BCUT2D eigenvalue weighted by atomic mass is 10.1. The van der Waals surface area contributed by atoms with Crippen LogP contribution in [0.2, 0.25) is 0 Å². The van der Waals surface area contributed by atoms with Gasteiger partial charge in [0.15, 0.2) is 0 Å². The molecule has 0 unspecified atom stereocenters. The monoisotopic (exact) mass is 264 g/mol. The third-order valence-electron chi connectivity index (χ3n) is 2.36. The Morgan fingerprint density at radius 1 is 1.26 bits per heavy atom. The van der Waals surface area contributed by atoms with Gasteiger partial charge >= 0.3 is 5.97 Å². The van der Waals surface area contributed by atoms with Crippen molar-refractivity contribution < 1.29 is 14.3 Å². The van der Waals surface area contributed by atoms with Gasteiger partial charge in [-0.1, -0.05) is 0 Å². The summed E-state index contributed by atoms with van der Waals surface area (Å²) in [6, 6.07) is 7.43. The average Bonchev–Trinajstić information content (AvgIpc) is 2.38. The van der Waals surface area contributed by atoms with Crippen molar-refractivity contribution in [3.8, 4) is 5.75 Å². The zero-order valence-corrected chi connectivity index (χ0v) is 11.8. The van der Waals surface area contributed by atoms with Gasteiger partial charge < -0.3 is 14.5 Å². The predicted octanol–water partition coefficient (Wildman–Crippen LogP) is 1.91. The summed E-state index contributed by atoms with van der Waals surface area (Å²) in [4.78, 5) is 11.6. The zero-order chi connectivity index (χ0) is 14.3. The van der Waals surface area contributed by atoms with Gasteiger partial charge in [-0.3, -0.25) is 4.79 Å². The first-order chi connectivity index (χ1) is 9.06. The number of ether oxygens (including phenoxy) is 2. The number of hydrogen-bond acceptors (Lipinski definition) is 5. The third-order valence-corrected chi connectivity index (χ3v) is 2.36. The Labute approximate surface area is 113 Å². The van der Waals surface area contributed by atoms with Crippen LogP contribution in [0.3, 0.4) is 0 Å². The van der Waals surface area contributed by atoms with Crippen LogP contribution in [0.25, 0.3) is 0 Å². The highest BCUT2D eigenvalue weighted by Gasteiger charge is 2.11. The molecule has 0 radical (unpaired) electrons. The van der Waals surface area contributed by atoms with Crippen LogP contribution < -0.4 is 4.74 Å². The van der Waals surface area contributed by atoms with Crippen molar-refractivity contribution in [1.29, 1.82) is 0 Å². The molecule has 0 aliphatic heterocycles. The van der Waals surface area contributed by atoms with E-state index in [1.165, 1.54) is 0 Å². The molecule has 1 rings (SSSR count). The number of methoxy groups -OCH3 is 1. The first-order valence-electron chi connectivity index (χ1n) is 6.11. The summed E-state index contributed by atoms with van der Waals surface area (Å²) >= 11 is 0. The van der Waals surface area contributed by atoms with Crippen molar-refractivity contribution in [2.24, 2.45) is 5.10 Å². The van der Waals surface area contributed by atoms with E-state index in [-0.39, 0.29) is 12.4 Å². The smallest absolute Gasteiger partial charge is 0.311 e. The van der Waals surface area contributed by atoms with E-state index in [9.17, 15) is 4.79 Å². The minimum Gasteiger partial charge on any atom is -0.497 e. The molecule has 0 saturated carbocycles. The molecule has 0 aromatic heterocycles. The van der Waals surface area contributed by atoms with Crippen molar-refractivity contribution in [3.05, 3.63) is 29.8 Å². The summed E-state index contributed by atoms with van der Waals surface area (Å²) in [5.41, 5.74) is 1.55. The van der Waals surface area contributed by atoms with Crippen LogP contribution in [0.5, 0.6) is 5.75 Å². The van der Waals surface area contributed by atoms with Crippen LogP contribution in [0.4, 0.5) is 0 Å². The Morgan fingerprint density at radius 3 is 2.37 bits per heavy atom. The van der Waals surface area contributed by atoms with E-state index < -0.39 is 0 Å². The van der Waals surface area contributed by atoms with Crippen molar-refractivity contribution in [3.63, 3.8) is 0 Å². The summed E-state index contributed by atoms with van der Waals surface area (Å²) in [6.07, 6.45) is 0.151. The molecule has 19 heavy (non-hydrogen) atoms. The highest BCUT2D eigenvalue weighted by molar-refractivity contribution is 6.09. The molecule has 0 spiro atoms. The van der Waals surface area contributed by atoms with Crippen LogP contribution in [0.15, 0.2) is 29.4 Å². The largest absolute Gasteiger partial charge is 0.497 e. The highest BCUT2D eigenvalue weighted by atomic mass is 16.5. The van der Waals surface area contributed by atoms with Gasteiger partial charge in [0.1, 0.15) is 5.75 Å². The van der Waals surface area contributed by atoms with E-state index in [0.717, 1.165) is 11.3 Å². The molecule has 0 aliphatic rings. The Balaban J connectivity index is 2.93. The fraction of sp³-hybridized carbons (Fsp3) is 0.429. The van der Waals surface area contributed by atoms with Gasteiger partial charge in [0.05, 0.1) is 25.8 Å². The zero-order valence-electron chi connectivity index (χ0n) is 11.8. The normalized spacial score (nSPS) is 11.1. The molecule has 104 valence electrons. The number of carbonyl (C=O) groups is 1. The number of benzene rings is 1. The lowest BCUT2D eigenvalue weighted by Crippen LogP contribution is -2.16. The molecule has 5 nitrogen and oxygen atoms in total. The van der Waals surface area contributed by atoms with Crippen LogP contribution in [0.1, 0.15) is 18.9 Å². The van der Waals surface area contributed by atoms with Gasteiger partial charge in [-0.2, -0.15) is 5.10 Å². The number of nitrogens with zero attached hydrogens (tertiary/aromatic N) is 2. The topological polar surface area (TPSA) is 51.1 Å². The molecule has 1 aromatic rings. The SMILES string of the molecule is CCOC(=O)C/C(=N\N(C)C)c1ccc(OC)cc1. The second-order valence-electron chi connectivity index (χ2n) is 4.10. The number of carbonyl (C=O) groups excluding carboxylic acids is 1. The van der Waals surface area contributed by atoms with Gasteiger partial charge in [0, 0.05) is 14.1 Å². The molecular weight excluding hydrogens is 244 g/mol. The van der Waals surface area contributed by atoms with Crippen LogP contribution in [-0.2, 0) is 9.53 Å². The second-order valence-corrected chi connectivity index (χ2v) is 4.10. The van der Waals surface area contributed by atoms with Gasteiger partial charge in [-0.05, 0) is 36.8 Å². The van der Waals surface area contributed by atoms with Crippen LogP contribution >= 0.6 is 0 Å². The predicted molar refractivity (Wildman–Crippen MR) is 74.5 cm³/mol. The Hall–Kier alpha value is -2.04. The quantitative estimate of drug-likeness (QED) is 0.447.